The minimum Gasteiger partial charge on any atom is -0.360 e. The largest absolute Gasteiger partial charge is 0.360 e. The third-order valence-corrected chi connectivity index (χ3v) is 4.14. The Kier molecular flexibility index (Phi) is 4.80. The van der Waals surface area contributed by atoms with Crippen molar-refractivity contribution in [3.63, 3.8) is 0 Å². The Morgan fingerprint density at radius 2 is 2.26 bits per heavy atom. The van der Waals surface area contributed by atoms with E-state index in [4.69, 9.17) is 0 Å². The average Bonchev–Trinajstić information content (AvgIpc) is 2.99. The van der Waals surface area contributed by atoms with Gasteiger partial charge in [-0.1, -0.05) is 11.3 Å². The minimum atomic E-state index is -0.185. The highest BCUT2D eigenvalue weighted by Gasteiger charge is 2.12. The van der Waals surface area contributed by atoms with Crippen molar-refractivity contribution in [2.24, 2.45) is 0 Å². The summed E-state index contributed by atoms with van der Waals surface area (Å²) in [6, 6.07) is 0. The summed E-state index contributed by atoms with van der Waals surface area (Å²) in [6.45, 7) is 5.25. The maximum absolute atomic E-state index is 11.8. The number of carbonyl (C=O) groups excluding carboxylic acids is 1. The van der Waals surface area contributed by atoms with Crippen LogP contribution in [0.2, 0.25) is 0 Å². The molecule has 0 unspecified atom stereocenters. The first-order valence-electron chi connectivity index (χ1n) is 5.95. The molecule has 19 heavy (non-hydrogen) atoms. The molecule has 2 aromatic heterocycles. The van der Waals surface area contributed by atoms with Gasteiger partial charge in [0.2, 0.25) is 10.1 Å². The lowest BCUT2D eigenvalue weighted by atomic mass is 10.4. The molecule has 0 atom stereocenters. The molecule has 0 radical (unpaired) electrons. The standard InChI is InChI=1S/C11H15N5OS2/c1-3-12-11-16-15-10(19-11)9(17)13-5-4-8-14-7(2)6-18-8/h6H,3-5H2,1-2H3,(H,12,16)(H,13,17). The number of anilines is 1. The van der Waals surface area contributed by atoms with Crippen molar-refractivity contribution in [2.45, 2.75) is 20.3 Å². The fourth-order valence-electron chi connectivity index (χ4n) is 1.41. The SMILES string of the molecule is CCNc1nnc(C(=O)NCCc2nc(C)cs2)s1. The molecule has 6 nitrogen and oxygen atoms in total. The summed E-state index contributed by atoms with van der Waals surface area (Å²) in [4.78, 5) is 16.2. The van der Waals surface area contributed by atoms with Crippen LogP contribution in [0.5, 0.6) is 0 Å². The number of rotatable bonds is 6. The van der Waals surface area contributed by atoms with E-state index < -0.39 is 0 Å². The van der Waals surface area contributed by atoms with Gasteiger partial charge in [-0.3, -0.25) is 4.79 Å². The Balaban J connectivity index is 1.80. The molecule has 0 saturated carbocycles. The molecular weight excluding hydrogens is 282 g/mol. The van der Waals surface area contributed by atoms with Gasteiger partial charge in [0.05, 0.1) is 5.01 Å². The first-order chi connectivity index (χ1) is 9.19. The fourth-order valence-corrected chi connectivity index (χ4v) is 2.92. The van der Waals surface area contributed by atoms with Gasteiger partial charge in [-0.05, 0) is 13.8 Å². The average molecular weight is 297 g/mol. The summed E-state index contributed by atoms with van der Waals surface area (Å²) in [6.07, 6.45) is 0.739. The molecule has 1 amide bonds. The summed E-state index contributed by atoms with van der Waals surface area (Å²) in [5, 5.41) is 17.7. The Morgan fingerprint density at radius 1 is 1.42 bits per heavy atom. The lowest BCUT2D eigenvalue weighted by molar-refractivity contribution is 0.0953. The van der Waals surface area contributed by atoms with Gasteiger partial charge in [-0.15, -0.1) is 21.5 Å². The number of carbonyl (C=O) groups is 1. The Hall–Kier alpha value is -1.54. The number of hydrogen-bond donors (Lipinski definition) is 2. The van der Waals surface area contributed by atoms with E-state index in [9.17, 15) is 4.79 Å². The zero-order valence-electron chi connectivity index (χ0n) is 10.8. The van der Waals surface area contributed by atoms with Crippen molar-refractivity contribution < 1.29 is 4.79 Å². The van der Waals surface area contributed by atoms with E-state index in [1.54, 1.807) is 11.3 Å². The van der Waals surface area contributed by atoms with Crippen LogP contribution in [-0.2, 0) is 6.42 Å². The van der Waals surface area contributed by atoms with Crippen molar-refractivity contribution in [2.75, 3.05) is 18.4 Å². The fraction of sp³-hybridized carbons (Fsp3) is 0.455. The highest BCUT2D eigenvalue weighted by molar-refractivity contribution is 7.17. The van der Waals surface area contributed by atoms with Crippen LogP contribution >= 0.6 is 22.7 Å². The highest BCUT2D eigenvalue weighted by atomic mass is 32.1. The molecule has 8 heteroatoms. The van der Waals surface area contributed by atoms with E-state index in [0.29, 0.717) is 16.7 Å². The maximum Gasteiger partial charge on any atom is 0.282 e. The molecule has 0 aliphatic carbocycles. The van der Waals surface area contributed by atoms with Crippen molar-refractivity contribution in [3.05, 3.63) is 21.1 Å². The highest BCUT2D eigenvalue weighted by Crippen LogP contribution is 2.14. The van der Waals surface area contributed by atoms with Gasteiger partial charge in [-0.25, -0.2) is 4.98 Å². The molecule has 0 spiro atoms. The summed E-state index contributed by atoms with van der Waals surface area (Å²) in [5.41, 5.74) is 1.02. The number of amides is 1. The Bertz CT molecular complexity index is 551. The second-order valence-electron chi connectivity index (χ2n) is 3.83. The predicted molar refractivity (Wildman–Crippen MR) is 77.0 cm³/mol. The van der Waals surface area contributed by atoms with Crippen LogP contribution in [-0.4, -0.2) is 34.2 Å². The molecule has 102 valence electrons. The quantitative estimate of drug-likeness (QED) is 0.848. The van der Waals surface area contributed by atoms with Crippen molar-refractivity contribution >= 4 is 33.7 Å². The number of hydrogen-bond acceptors (Lipinski definition) is 7. The van der Waals surface area contributed by atoms with E-state index >= 15 is 0 Å². The van der Waals surface area contributed by atoms with Gasteiger partial charge in [0.1, 0.15) is 0 Å². The van der Waals surface area contributed by atoms with Crippen LogP contribution in [0.4, 0.5) is 5.13 Å². The van der Waals surface area contributed by atoms with E-state index in [1.807, 2.05) is 19.2 Å². The molecule has 0 bridgehead atoms. The minimum absolute atomic E-state index is 0.185. The van der Waals surface area contributed by atoms with Crippen LogP contribution in [0.25, 0.3) is 0 Å². The molecule has 2 heterocycles. The topological polar surface area (TPSA) is 79.8 Å². The zero-order chi connectivity index (χ0) is 13.7. The second kappa shape index (κ2) is 6.58. The first kappa shape index (κ1) is 13.9. The van der Waals surface area contributed by atoms with Crippen LogP contribution < -0.4 is 10.6 Å². The molecular formula is C11H15N5OS2. The predicted octanol–water partition coefficient (Wildman–Crippen LogP) is 1.71. The normalized spacial score (nSPS) is 10.4. The monoisotopic (exact) mass is 297 g/mol. The van der Waals surface area contributed by atoms with Gasteiger partial charge in [-0.2, -0.15) is 0 Å². The Labute approximate surface area is 119 Å². The molecule has 0 saturated heterocycles. The smallest absolute Gasteiger partial charge is 0.282 e. The number of aryl methyl sites for hydroxylation is 1. The number of aromatic nitrogens is 3. The number of nitrogens with zero attached hydrogens (tertiary/aromatic N) is 3. The third kappa shape index (κ3) is 3.97. The summed E-state index contributed by atoms with van der Waals surface area (Å²) in [7, 11) is 0. The Morgan fingerprint density at radius 3 is 2.95 bits per heavy atom. The molecule has 2 N–H and O–H groups in total. The molecule has 2 rings (SSSR count). The lowest BCUT2D eigenvalue weighted by Crippen LogP contribution is -2.25. The van der Waals surface area contributed by atoms with Gasteiger partial charge in [0.25, 0.3) is 5.91 Å². The molecule has 0 aliphatic heterocycles. The van der Waals surface area contributed by atoms with Crippen molar-refractivity contribution in [1.29, 1.82) is 0 Å². The summed E-state index contributed by atoms with van der Waals surface area (Å²) >= 11 is 2.87. The lowest BCUT2D eigenvalue weighted by Gasteiger charge is -1.99. The zero-order valence-corrected chi connectivity index (χ0v) is 12.4. The van der Waals surface area contributed by atoms with Gasteiger partial charge >= 0.3 is 0 Å². The van der Waals surface area contributed by atoms with Gasteiger partial charge in [0, 0.05) is 30.6 Å². The van der Waals surface area contributed by atoms with Crippen molar-refractivity contribution in [3.8, 4) is 0 Å². The second-order valence-corrected chi connectivity index (χ2v) is 5.75. The van der Waals surface area contributed by atoms with Crippen LogP contribution in [0.1, 0.15) is 27.4 Å². The van der Waals surface area contributed by atoms with Gasteiger partial charge in [0.15, 0.2) is 0 Å². The number of nitrogens with one attached hydrogen (secondary N) is 2. The maximum atomic E-state index is 11.8. The van der Waals surface area contributed by atoms with Gasteiger partial charge < -0.3 is 10.6 Å². The van der Waals surface area contributed by atoms with Crippen molar-refractivity contribution in [1.82, 2.24) is 20.5 Å². The van der Waals surface area contributed by atoms with Crippen LogP contribution in [0, 0.1) is 6.92 Å². The van der Waals surface area contributed by atoms with E-state index in [0.717, 1.165) is 23.7 Å². The third-order valence-electron chi connectivity index (χ3n) is 2.24. The van der Waals surface area contributed by atoms with E-state index in [1.165, 1.54) is 11.3 Å². The molecule has 0 aromatic carbocycles. The number of thiazole rings is 1. The van der Waals surface area contributed by atoms with Crippen LogP contribution in [0.15, 0.2) is 5.38 Å². The van der Waals surface area contributed by atoms with Crippen LogP contribution in [0.3, 0.4) is 0 Å². The molecule has 0 aliphatic rings. The molecule has 2 aromatic rings. The summed E-state index contributed by atoms with van der Waals surface area (Å²) in [5.74, 6) is -0.185. The van der Waals surface area contributed by atoms with E-state index in [-0.39, 0.29) is 5.91 Å². The van der Waals surface area contributed by atoms with E-state index in [2.05, 4.69) is 25.8 Å². The summed E-state index contributed by atoms with van der Waals surface area (Å²) < 4.78 is 0. The molecule has 0 fully saturated rings. The first-order valence-corrected chi connectivity index (χ1v) is 7.65.